The fourth-order valence-corrected chi connectivity index (χ4v) is 3.42. The summed E-state index contributed by atoms with van der Waals surface area (Å²) < 4.78 is 0.973. The number of likely N-dealkylation sites (N-methyl/N-ethyl adjacent to an activating group) is 1. The molecule has 1 aromatic rings. The molecule has 0 spiro atoms. The van der Waals surface area contributed by atoms with Crippen LogP contribution in [0.2, 0.25) is 0 Å². The summed E-state index contributed by atoms with van der Waals surface area (Å²) in [5, 5.41) is 2.87. The number of carbonyl (C=O) groups is 2. The van der Waals surface area contributed by atoms with Gasteiger partial charge in [-0.2, -0.15) is 0 Å². The van der Waals surface area contributed by atoms with Crippen molar-refractivity contribution in [1.82, 2.24) is 9.80 Å². The normalized spacial score (nSPS) is 18.2. The Morgan fingerprint density at radius 2 is 2.12 bits per heavy atom. The highest BCUT2D eigenvalue weighted by molar-refractivity contribution is 9.10. The number of likely N-dealkylation sites (tertiary alicyclic amines) is 1. The smallest absolute Gasteiger partial charge is 0.243 e. The average molecular weight is 396 g/mol. The summed E-state index contributed by atoms with van der Waals surface area (Å²) in [5.41, 5.74) is 1.75. The summed E-state index contributed by atoms with van der Waals surface area (Å²) in [6, 6.07) is 6.13. The van der Waals surface area contributed by atoms with Crippen molar-refractivity contribution in [3.8, 4) is 0 Å². The van der Waals surface area contributed by atoms with Crippen molar-refractivity contribution in [1.29, 1.82) is 0 Å². The summed E-state index contributed by atoms with van der Waals surface area (Å²) in [7, 11) is 1.69. The molecule has 0 bridgehead atoms. The van der Waals surface area contributed by atoms with E-state index in [1.54, 1.807) is 7.05 Å². The highest BCUT2D eigenvalue weighted by Gasteiger charge is 2.22. The fourth-order valence-electron chi connectivity index (χ4n) is 2.95. The summed E-state index contributed by atoms with van der Waals surface area (Å²) in [5.74, 6) is -0.186. The molecule has 1 atom stereocenters. The zero-order valence-electron chi connectivity index (χ0n) is 14.6. The molecule has 2 rings (SSSR count). The van der Waals surface area contributed by atoms with E-state index in [1.165, 1.54) is 11.3 Å². The SMILES string of the molecule is Cc1cc(Br)ccc1NC(=O)CN(C)C(=O)CN1CCCC[C@@H]1C. The molecule has 1 saturated heterocycles. The lowest BCUT2D eigenvalue weighted by atomic mass is 10.0. The van der Waals surface area contributed by atoms with Gasteiger partial charge in [-0.3, -0.25) is 14.5 Å². The van der Waals surface area contributed by atoms with Gasteiger partial charge in [0.1, 0.15) is 0 Å². The van der Waals surface area contributed by atoms with Crippen LogP contribution in [0.4, 0.5) is 5.69 Å². The van der Waals surface area contributed by atoms with E-state index in [2.05, 4.69) is 33.1 Å². The molecule has 0 unspecified atom stereocenters. The largest absolute Gasteiger partial charge is 0.335 e. The second kappa shape index (κ2) is 8.62. The number of hydrogen-bond acceptors (Lipinski definition) is 3. The van der Waals surface area contributed by atoms with Gasteiger partial charge < -0.3 is 10.2 Å². The van der Waals surface area contributed by atoms with Crippen LogP contribution in [0.25, 0.3) is 0 Å². The first-order valence-corrected chi connectivity index (χ1v) is 9.20. The standard InChI is InChI=1S/C18H26BrN3O2/c1-13-10-15(19)7-8-16(13)20-17(23)11-21(3)18(24)12-22-9-5-4-6-14(22)2/h7-8,10,14H,4-6,9,11-12H2,1-3H3,(H,20,23)/t14-/m0/s1. The van der Waals surface area contributed by atoms with Crippen LogP contribution in [0.15, 0.2) is 22.7 Å². The molecule has 0 saturated carbocycles. The van der Waals surface area contributed by atoms with E-state index in [0.717, 1.165) is 35.1 Å². The Morgan fingerprint density at radius 3 is 2.79 bits per heavy atom. The molecule has 1 fully saturated rings. The van der Waals surface area contributed by atoms with E-state index in [-0.39, 0.29) is 18.4 Å². The molecule has 1 aliphatic rings. The van der Waals surface area contributed by atoms with E-state index in [1.807, 2.05) is 25.1 Å². The Labute approximate surface area is 152 Å². The highest BCUT2D eigenvalue weighted by Crippen LogP contribution is 2.20. The summed E-state index contributed by atoms with van der Waals surface area (Å²) in [6.07, 6.45) is 3.52. The molecule has 5 nitrogen and oxygen atoms in total. The summed E-state index contributed by atoms with van der Waals surface area (Å²) in [6.45, 7) is 5.52. The minimum atomic E-state index is -0.178. The predicted octanol–water partition coefficient (Wildman–Crippen LogP) is 3.03. The predicted molar refractivity (Wildman–Crippen MR) is 100 cm³/mol. The Kier molecular flexibility index (Phi) is 6.80. The lowest BCUT2D eigenvalue weighted by Crippen LogP contribution is -2.46. The van der Waals surface area contributed by atoms with Gasteiger partial charge in [0.2, 0.25) is 11.8 Å². The Balaban J connectivity index is 1.85. The number of nitrogens with zero attached hydrogens (tertiary/aromatic N) is 2. The molecule has 0 radical (unpaired) electrons. The van der Waals surface area contributed by atoms with Gasteiger partial charge in [-0.05, 0) is 57.0 Å². The number of hydrogen-bond donors (Lipinski definition) is 1. The number of nitrogens with one attached hydrogen (secondary N) is 1. The van der Waals surface area contributed by atoms with Gasteiger partial charge in [0.25, 0.3) is 0 Å². The lowest BCUT2D eigenvalue weighted by Gasteiger charge is -2.33. The van der Waals surface area contributed by atoms with Gasteiger partial charge in [-0.15, -0.1) is 0 Å². The first-order valence-electron chi connectivity index (χ1n) is 8.41. The molecule has 0 aliphatic carbocycles. The van der Waals surface area contributed by atoms with Crippen LogP contribution in [0.5, 0.6) is 0 Å². The molecule has 24 heavy (non-hydrogen) atoms. The molecule has 1 heterocycles. The highest BCUT2D eigenvalue weighted by atomic mass is 79.9. The van der Waals surface area contributed by atoms with Gasteiger partial charge in [-0.25, -0.2) is 0 Å². The average Bonchev–Trinajstić information content (AvgIpc) is 2.52. The van der Waals surface area contributed by atoms with Crippen LogP contribution in [-0.2, 0) is 9.59 Å². The van der Waals surface area contributed by atoms with Gasteiger partial charge >= 0.3 is 0 Å². The van der Waals surface area contributed by atoms with Crippen molar-refractivity contribution in [3.05, 3.63) is 28.2 Å². The van der Waals surface area contributed by atoms with E-state index in [0.29, 0.717) is 12.6 Å². The third-order valence-corrected chi connectivity index (χ3v) is 5.04. The van der Waals surface area contributed by atoms with Crippen molar-refractivity contribution >= 4 is 33.4 Å². The fraction of sp³-hybridized carbons (Fsp3) is 0.556. The van der Waals surface area contributed by atoms with Crippen molar-refractivity contribution < 1.29 is 9.59 Å². The Hall–Kier alpha value is -1.40. The number of anilines is 1. The van der Waals surface area contributed by atoms with Gasteiger partial charge in [-0.1, -0.05) is 22.4 Å². The second-order valence-electron chi connectivity index (χ2n) is 6.57. The quantitative estimate of drug-likeness (QED) is 0.833. The Bertz CT molecular complexity index is 606. The van der Waals surface area contributed by atoms with Crippen LogP contribution in [0, 0.1) is 6.92 Å². The van der Waals surface area contributed by atoms with Crippen molar-refractivity contribution in [2.45, 2.75) is 39.2 Å². The molecule has 132 valence electrons. The summed E-state index contributed by atoms with van der Waals surface area (Å²) in [4.78, 5) is 28.3. The molecular weight excluding hydrogens is 370 g/mol. The maximum absolute atomic E-state index is 12.4. The zero-order chi connectivity index (χ0) is 17.7. The minimum absolute atomic E-state index is 0.00794. The monoisotopic (exact) mass is 395 g/mol. The van der Waals surface area contributed by atoms with Crippen LogP contribution < -0.4 is 5.32 Å². The zero-order valence-corrected chi connectivity index (χ0v) is 16.2. The lowest BCUT2D eigenvalue weighted by molar-refractivity contribution is -0.135. The van der Waals surface area contributed by atoms with Crippen LogP contribution in [-0.4, -0.2) is 54.3 Å². The van der Waals surface area contributed by atoms with Crippen molar-refractivity contribution in [2.24, 2.45) is 0 Å². The molecule has 6 heteroatoms. The van der Waals surface area contributed by atoms with E-state index >= 15 is 0 Å². The first-order chi connectivity index (χ1) is 11.4. The van der Waals surface area contributed by atoms with Crippen molar-refractivity contribution in [2.75, 3.05) is 32.0 Å². The van der Waals surface area contributed by atoms with E-state index in [9.17, 15) is 9.59 Å². The topological polar surface area (TPSA) is 52.7 Å². The number of halogens is 1. The van der Waals surface area contributed by atoms with Gasteiger partial charge in [0.15, 0.2) is 0 Å². The maximum atomic E-state index is 12.4. The third-order valence-electron chi connectivity index (χ3n) is 4.55. The van der Waals surface area contributed by atoms with Gasteiger partial charge in [0, 0.05) is 23.2 Å². The number of rotatable bonds is 5. The summed E-state index contributed by atoms with van der Waals surface area (Å²) >= 11 is 3.40. The molecular formula is C18H26BrN3O2. The van der Waals surface area contributed by atoms with Gasteiger partial charge in [0.05, 0.1) is 13.1 Å². The van der Waals surface area contributed by atoms with Crippen LogP contribution in [0.3, 0.4) is 0 Å². The molecule has 1 N–H and O–H groups in total. The van der Waals surface area contributed by atoms with E-state index < -0.39 is 0 Å². The number of benzene rings is 1. The third kappa shape index (κ3) is 5.31. The maximum Gasteiger partial charge on any atom is 0.243 e. The van der Waals surface area contributed by atoms with Crippen LogP contribution in [0.1, 0.15) is 31.7 Å². The Morgan fingerprint density at radius 1 is 1.38 bits per heavy atom. The first kappa shape index (κ1) is 18.9. The number of carbonyl (C=O) groups excluding carboxylic acids is 2. The van der Waals surface area contributed by atoms with Crippen LogP contribution >= 0.6 is 15.9 Å². The number of amides is 2. The number of aryl methyl sites for hydroxylation is 1. The van der Waals surface area contributed by atoms with E-state index in [4.69, 9.17) is 0 Å². The molecule has 2 amide bonds. The minimum Gasteiger partial charge on any atom is -0.335 e. The second-order valence-corrected chi connectivity index (χ2v) is 7.49. The van der Waals surface area contributed by atoms with Crippen molar-refractivity contribution in [3.63, 3.8) is 0 Å². The number of piperidine rings is 1. The molecule has 0 aromatic heterocycles. The molecule has 1 aliphatic heterocycles. The molecule has 1 aromatic carbocycles.